The van der Waals surface area contributed by atoms with E-state index in [4.69, 9.17) is 9.72 Å². The average Bonchev–Trinajstić information content (AvgIpc) is 2.74. The van der Waals surface area contributed by atoms with E-state index in [-0.39, 0.29) is 17.8 Å². The van der Waals surface area contributed by atoms with Crippen LogP contribution in [0.15, 0.2) is 36.4 Å². The fourth-order valence-corrected chi connectivity index (χ4v) is 4.38. The number of piperidine rings is 1. The zero-order valence-corrected chi connectivity index (χ0v) is 17.6. The van der Waals surface area contributed by atoms with Crippen molar-refractivity contribution in [1.82, 2.24) is 14.8 Å². The van der Waals surface area contributed by atoms with Crippen molar-refractivity contribution in [2.45, 2.75) is 38.7 Å². The number of aryl methyl sites for hydroxylation is 1. The molecule has 2 aliphatic rings. The second-order valence-corrected chi connectivity index (χ2v) is 8.38. The van der Waals surface area contributed by atoms with E-state index in [0.717, 1.165) is 55.0 Å². The van der Waals surface area contributed by atoms with Crippen molar-refractivity contribution >= 4 is 5.91 Å². The third-order valence-corrected chi connectivity index (χ3v) is 5.88. The van der Waals surface area contributed by atoms with Gasteiger partial charge in [-0.2, -0.15) is 0 Å². The highest BCUT2D eigenvalue weighted by molar-refractivity contribution is 5.78. The van der Waals surface area contributed by atoms with E-state index in [9.17, 15) is 9.18 Å². The van der Waals surface area contributed by atoms with Crippen molar-refractivity contribution in [3.05, 3.63) is 64.7 Å². The van der Waals surface area contributed by atoms with Crippen LogP contribution in [0.25, 0.3) is 0 Å². The second-order valence-electron chi connectivity index (χ2n) is 8.38. The number of hydrogen-bond acceptors (Lipinski definition) is 4. The van der Waals surface area contributed by atoms with Gasteiger partial charge >= 0.3 is 0 Å². The molecule has 5 nitrogen and oxygen atoms in total. The molecule has 2 aromatic rings. The van der Waals surface area contributed by atoms with E-state index in [2.05, 4.69) is 11.0 Å². The summed E-state index contributed by atoms with van der Waals surface area (Å²) in [5.41, 5.74) is 3.83. The Morgan fingerprint density at radius 1 is 1.13 bits per heavy atom. The highest BCUT2D eigenvalue weighted by Gasteiger charge is 2.27. The first-order chi connectivity index (χ1) is 14.6. The van der Waals surface area contributed by atoms with Gasteiger partial charge in [0.1, 0.15) is 11.9 Å². The number of likely N-dealkylation sites (tertiary alicyclic amines) is 1. The number of morpholine rings is 1. The van der Waals surface area contributed by atoms with Gasteiger partial charge in [-0.05, 0) is 68.0 Å². The minimum atomic E-state index is -0.219. The van der Waals surface area contributed by atoms with Crippen LogP contribution in [0.5, 0.6) is 0 Å². The maximum Gasteiger partial charge on any atom is 0.236 e. The summed E-state index contributed by atoms with van der Waals surface area (Å²) in [5, 5.41) is 0. The largest absolute Gasteiger partial charge is 0.369 e. The quantitative estimate of drug-likeness (QED) is 0.756. The van der Waals surface area contributed by atoms with Crippen molar-refractivity contribution in [2.75, 3.05) is 39.3 Å². The number of amides is 1. The van der Waals surface area contributed by atoms with Crippen molar-refractivity contribution in [3.8, 4) is 0 Å². The van der Waals surface area contributed by atoms with Crippen molar-refractivity contribution in [3.63, 3.8) is 0 Å². The van der Waals surface area contributed by atoms with E-state index >= 15 is 0 Å². The summed E-state index contributed by atoms with van der Waals surface area (Å²) in [6.07, 6.45) is 3.94. The van der Waals surface area contributed by atoms with Crippen molar-refractivity contribution in [1.29, 1.82) is 0 Å². The Labute approximate surface area is 177 Å². The van der Waals surface area contributed by atoms with Crippen LogP contribution in [0.1, 0.15) is 47.9 Å². The Morgan fingerprint density at radius 2 is 1.97 bits per heavy atom. The fourth-order valence-electron chi connectivity index (χ4n) is 4.38. The molecule has 0 aliphatic carbocycles. The summed E-state index contributed by atoms with van der Waals surface area (Å²) in [5.74, 6) is 0.00229. The SMILES string of the molecule is Cc1cc(Cc2cccc(F)c2)cc([C@H]2CN(CC(=O)N3CCCCC3)CCO2)n1. The Hall–Kier alpha value is -2.31. The van der Waals surface area contributed by atoms with E-state index in [1.54, 1.807) is 12.1 Å². The smallest absolute Gasteiger partial charge is 0.236 e. The summed E-state index contributed by atoms with van der Waals surface area (Å²) >= 11 is 0. The summed E-state index contributed by atoms with van der Waals surface area (Å²) in [4.78, 5) is 21.5. The molecule has 6 heteroatoms. The highest BCUT2D eigenvalue weighted by Crippen LogP contribution is 2.23. The molecule has 0 saturated carbocycles. The van der Waals surface area contributed by atoms with Crippen LogP contribution in [0, 0.1) is 12.7 Å². The molecule has 1 aromatic heterocycles. The van der Waals surface area contributed by atoms with E-state index in [1.165, 1.54) is 12.5 Å². The molecule has 3 heterocycles. The van der Waals surface area contributed by atoms with Crippen LogP contribution in [0.2, 0.25) is 0 Å². The summed E-state index contributed by atoms with van der Waals surface area (Å²) < 4.78 is 19.5. The predicted molar refractivity (Wildman–Crippen MR) is 114 cm³/mol. The molecular formula is C24H30FN3O2. The highest BCUT2D eigenvalue weighted by atomic mass is 19.1. The van der Waals surface area contributed by atoms with Gasteiger partial charge in [0.05, 0.1) is 18.8 Å². The molecule has 2 aliphatic heterocycles. The Balaban J connectivity index is 1.42. The molecule has 160 valence electrons. The number of benzene rings is 1. The van der Waals surface area contributed by atoms with Crippen molar-refractivity contribution in [2.24, 2.45) is 0 Å². The Morgan fingerprint density at radius 3 is 2.77 bits per heavy atom. The van der Waals surface area contributed by atoms with Crippen LogP contribution >= 0.6 is 0 Å². The number of carbonyl (C=O) groups is 1. The fraction of sp³-hybridized carbons (Fsp3) is 0.500. The molecule has 4 rings (SSSR count). The van der Waals surface area contributed by atoms with Crippen LogP contribution in [0.4, 0.5) is 4.39 Å². The molecular weight excluding hydrogens is 381 g/mol. The molecule has 1 aromatic carbocycles. The maximum atomic E-state index is 13.5. The minimum Gasteiger partial charge on any atom is -0.369 e. The second kappa shape index (κ2) is 9.67. The predicted octanol–water partition coefficient (Wildman–Crippen LogP) is 3.51. The van der Waals surface area contributed by atoms with Gasteiger partial charge in [-0.15, -0.1) is 0 Å². The van der Waals surface area contributed by atoms with Crippen molar-refractivity contribution < 1.29 is 13.9 Å². The normalized spacial score (nSPS) is 20.3. The van der Waals surface area contributed by atoms with Crippen LogP contribution < -0.4 is 0 Å². The topological polar surface area (TPSA) is 45.7 Å². The van der Waals surface area contributed by atoms with Gasteiger partial charge in [0.15, 0.2) is 0 Å². The molecule has 1 amide bonds. The number of nitrogens with zero attached hydrogens (tertiary/aromatic N) is 3. The lowest BCUT2D eigenvalue weighted by molar-refractivity contribution is -0.135. The van der Waals surface area contributed by atoms with E-state index in [0.29, 0.717) is 26.1 Å². The van der Waals surface area contributed by atoms with Crippen LogP contribution in [-0.4, -0.2) is 60.0 Å². The summed E-state index contributed by atoms with van der Waals surface area (Å²) in [6.45, 7) is 6.20. The Bertz CT molecular complexity index is 883. The van der Waals surface area contributed by atoms with Gasteiger partial charge in [-0.25, -0.2) is 4.39 Å². The molecule has 0 bridgehead atoms. The first-order valence-electron chi connectivity index (χ1n) is 10.9. The average molecular weight is 412 g/mol. The molecule has 30 heavy (non-hydrogen) atoms. The lowest BCUT2D eigenvalue weighted by atomic mass is 10.0. The number of halogens is 1. The summed E-state index contributed by atoms with van der Waals surface area (Å²) in [7, 11) is 0. The van der Waals surface area contributed by atoms with Gasteiger partial charge < -0.3 is 9.64 Å². The number of carbonyl (C=O) groups excluding carboxylic acids is 1. The Kier molecular flexibility index (Phi) is 6.75. The lowest BCUT2D eigenvalue weighted by Gasteiger charge is -2.34. The lowest BCUT2D eigenvalue weighted by Crippen LogP contribution is -2.47. The first-order valence-corrected chi connectivity index (χ1v) is 10.9. The monoisotopic (exact) mass is 411 g/mol. The summed E-state index contributed by atoms with van der Waals surface area (Å²) in [6, 6.07) is 10.8. The van der Waals surface area contributed by atoms with Crippen LogP contribution in [-0.2, 0) is 16.0 Å². The number of pyridine rings is 1. The molecule has 0 spiro atoms. The number of aromatic nitrogens is 1. The van der Waals surface area contributed by atoms with Gasteiger partial charge in [-0.1, -0.05) is 12.1 Å². The van der Waals surface area contributed by atoms with Gasteiger partial charge in [0.2, 0.25) is 5.91 Å². The standard InChI is InChI=1S/C24H30FN3O2/c1-18-12-20(13-19-6-5-7-21(25)14-19)15-22(26-18)23-16-27(10-11-30-23)17-24(29)28-8-3-2-4-9-28/h5-7,12,14-15,23H,2-4,8-11,13,16-17H2,1H3/t23-/m1/s1. The van der Waals surface area contributed by atoms with Crippen LogP contribution in [0.3, 0.4) is 0 Å². The third-order valence-electron chi connectivity index (χ3n) is 5.88. The zero-order chi connectivity index (χ0) is 20.9. The number of hydrogen-bond donors (Lipinski definition) is 0. The molecule has 0 unspecified atom stereocenters. The van der Waals surface area contributed by atoms with Gasteiger partial charge in [0.25, 0.3) is 0 Å². The molecule has 2 saturated heterocycles. The number of rotatable bonds is 5. The molecule has 0 N–H and O–H groups in total. The minimum absolute atomic E-state index is 0.154. The third kappa shape index (κ3) is 5.43. The molecule has 2 fully saturated rings. The van der Waals surface area contributed by atoms with Gasteiger partial charge in [-0.3, -0.25) is 14.7 Å². The molecule has 1 atom stereocenters. The molecule has 0 radical (unpaired) electrons. The maximum absolute atomic E-state index is 13.5. The van der Waals surface area contributed by atoms with E-state index in [1.807, 2.05) is 24.0 Å². The zero-order valence-electron chi connectivity index (χ0n) is 17.6. The van der Waals surface area contributed by atoms with Gasteiger partial charge in [0, 0.05) is 31.9 Å². The van der Waals surface area contributed by atoms with E-state index < -0.39 is 0 Å². The first kappa shape index (κ1) is 20.9. The number of ether oxygens (including phenoxy) is 1.